The van der Waals surface area contributed by atoms with Gasteiger partial charge in [0.1, 0.15) is 0 Å². The minimum Gasteiger partial charge on any atom is -0.350 e. The summed E-state index contributed by atoms with van der Waals surface area (Å²) in [4.78, 5) is 8.74. The van der Waals surface area contributed by atoms with Crippen LogP contribution in [0.25, 0.3) is 10.9 Å². The molecule has 0 aliphatic heterocycles. The Morgan fingerprint density at radius 1 is 1.39 bits per heavy atom. The molecular formula is C12H12N4S2. The lowest BCUT2D eigenvalue weighted by molar-refractivity contribution is 1.23. The van der Waals surface area contributed by atoms with Crippen LogP contribution in [0.2, 0.25) is 0 Å². The van der Waals surface area contributed by atoms with Crippen molar-refractivity contribution < 1.29 is 0 Å². The zero-order chi connectivity index (χ0) is 12.4. The van der Waals surface area contributed by atoms with Crippen LogP contribution in [-0.4, -0.2) is 9.97 Å². The summed E-state index contributed by atoms with van der Waals surface area (Å²) < 4.78 is 0. The van der Waals surface area contributed by atoms with Gasteiger partial charge < -0.3 is 4.98 Å². The molecule has 18 heavy (non-hydrogen) atoms. The van der Waals surface area contributed by atoms with E-state index in [1.165, 1.54) is 20.8 Å². The Kier molecular flexibility index (Phi) is 3.22. The number of para-hydroxylation sites is 1. The van der Waals surface area contributed by atoms with E-state index < -0.39 is 0 Å². The summed E-state index contributed by atoms with van der Waals surface area (Å²) in [6.45, 7) is 0. The van der Waals surface area contributed by atoms with Crippen LogP contribution in [0.4, 0.5) is 5.13 Å². The summed E-state index contributed by atoms with van der Waals surface area (Å²) in [7, 11) is 0. The number of hydrazine groups is 1. The Hall–Kier alpha value is -1.50. The molecule has 0 amide bonds. The Morgan fingerprint density at radius 2 is 2.28 bits per heavy atom. The number of aromatic nitrogens is 2. The molecule has 6 heteroatoms. The number of nitrogens with two attached hydrogens (primary N) is 1. The van der Waals surface area contributed by atoms with E-state index in [2.05, 4.69) is 33.6 Å². The largest absolute Gasteiger partial charge is 0.350 e. The Morgan fingerprint density at radius 3 is 3.06 bits per heavy atom. The number of benzene rings is 1. The molecular weight excluding hydrogens is 264 g/mol. The molecule has 4 N–H and O–H groups in total. The highest BCUT2D eigenvalue weighted by Crippen LogP contribution is 2.28. The second kappa shape index (κ2) is 5.01. The highest BCUT2D eigenvalue weighted by atomic mass is 32.2. The Bertz CT molecular complexity index is 626. The van der Waals surface area contributed by atoms with Gasteiger partial charge in [0.15, 0.2) is 5.13 Å². The Labute approximate surface area is 113 Å². The maximum absolute atomic E-state index is 5.31. The predicted octanol–water partition coefficient (Wildman–Crippen LogP) is 3.20. The van der Waals surface area contributed by atoms with Crippen LogP contribution in [0.3, 0.4) is 0 Å². The minimum atomic E-state index is 0.752. The number of nitrogen functional groups attached to an aromatic ring is 1. The van der Waals surface area contributed by atoms with E-state index in [9.17, 15) is 0 Å². The lowest BCUT2D eigenvalue weighted by Gasteiger charge is -1.94. The summed E-state index contributed by atoms with van der Waals surface area (Å²) in [5.41, 5.74) is 3.73. The van der Waals surface area contributed by atoms with Gasteiger partial charge in [0, 0.05) is 27.7 Å². The lowest BCUT2D eigenvalue weighted by Crippen LogP contribution is -2.05. The molecule has 0 bridgehead atoms. The third-order valence-electron chi connectivity index (χ3n) is 2.55. The fraction of sp³-hybridized carbons (Fsp3) is 0.0833. The average Bonchev–Trinajstić information content (AvgIpc) is 3.02. The number of thioether (sulfide) groups is 1. The second-order valence-electron chi connectivity index (χ2n) is 3.79. The smallest absolute Gasteiger partial charge is 0.197 e. The van der Waals surface area contributed by atoms with Gasteiger partial charge in [0.2, 0.25) is 0 Å². The first kappa shape index (κ1) is 11.6. The Balaban J connectivity index is 1.72. The van der Waals surface area contributed by atoms with E-state index >= 15 is 0 Å². The number of hydrogen-bond acceptors (Lipinski definition) is 5. The van der Waals surface area contributed by atoms with Crippen molar-refractivity contribution in [2.75, 3.05) is 5.43 Å². The summed E-state index contributed by atoms with van der Waals surface area (Å²) in [6.07, 6.45) is 1.86. The highest BCUT2D eigenvalue weighted by Gasteiger charge is 2.04. The van der Waals surface area contributed by atoms with E-state index in [1.807, 2.05) is 18.3 Å². The molecule has 0 saturated carbocycles. The first-order chi connectivity index (χ1) is 8.85. The SMILES string of the molecule is NNc1ncc(CSc2cc3ccccc3[nH]2)s1. The van der Waals surface area contributed by atoms with Crippen LogP contribution in [0.15, 0.2) is 41.6 Å². The highest BCUT2D eigenvalue weighted by molar-refractivity contribution is 7.98. The van der Waals surface area contributed by atoms with Crippen molar-refractivity contribution in [2.24, 2.45) is 5.84 Å². The molecule has 2 heterocycles. The summed E-state index contributed by atoms with van der Waals surface area (Å²) in [5, 5.41) is 3.17. The fourth-order valence-corrected chi connectivity index (χ4v) is 3.41. The maximum Gasteiger partial charge on any atom is 0.197 e. The van der Waals surface area contributed by atoms with Gasteiger partial charge in [-0.3, -0.25) is 5.43 Å². The number of H-pyrrole nitrogens is 1. The topological polar surface area (TPSA) is 66.7 Å². The van der Waals surface area contributed by atoms with E-state index in [1.54, 1.807) is 23.1 Å². The molecule has 92 valence electrons. The summed E-state index contributed by atoms with van der Waals surface area (Å²) in [6, 6.07) is 10.5. The van der Waals surface area contributed by atoms with Gasteiger partial charge in [-0.05, 0) is 12.1 Å². The number of anilines is 1. The van der Waals surface area contributed by atoms with Crippen LogP contribution in [-0.2, 0) is 5.75 Å². The van der Waals surface area contributed by atoms with Gasteiger partial charge in [0.25, 0.3) is 0 Å². The van der Waals surface area contributed by atoms with Gasteiger partial charge in [0.05, 0.1) is 5.03 Å². The number of thiazole rings is 1. The minimum absolute atomic E-state index is 0.752. The van der Waals surface area contributed by atoms with Crippen LogP contribution < -0.4 is 11.3 Å². The van der Waals surface area contributed by atoms with Gasteiger partial charge in [-0.15, -0.1) is 23.1 Å². The van der Waals surface area contributed by atoms with Crippen LogP contribution in [0.1, 0.15) is 4.88 Å². The van der Waals surface area contributed by atoms with Crippen LogP contribution >= 0.6 is 23.1 Å². The van der Waals surface area contributed by atoms with Crippen molar-refractivity contribution in [1.29, 1.82) is 0 Å². The van der Waals surface area contributed by atoms with Crippen molar-refractivity contribution >= 4 is 39.1 Å². The first-order valence-corrected chi connectivity index (χ1v) is 7.27. The lowest BCUT2D eigenvalue weighted by atomic mass is 10.3. The van der Waals surface area contributed by atoms with E-state index in [4.69, 9.17) is 5.84 Å². The zero-order valence-corrected chi connectivity index (χ0v) is 11.1. The van der Waals surface area contributed by atoms with Crippen molar-refractivity contribution in [1.82, 2.24) is 9.97 Å². The number of fused-ring (bicyclic) bond motifs is 1. The van der Waals surface area contributed by atoms with Crippen LogP contribution in [0, 0.1) is 0 Å². The molecule has 0 saturated heterocycles. The molecule has 0 radical (unpaired) electrons. The third-order valence-corrected chi connectivity index (χ3v) is 4.65. The molecule has 0 spiro atoms. The van der Waals surface area contributed by atoms with Gasteiger partial charge in [-0.25, -0.2) is 10.8 Å². The zero-order valence-electron chi connectivity index (χ0n) is 9.51. The van der Waals surface area contributed by atoms with Crippen molar-refractivity contribution in [3.63, 3.8) is 0 Å². The van der Waals surface area contributed by atoms with Crippen molar-refractivity contribution in [2.45, 2.75) is 10.8 Å². The van der Waals surface area contributed by atoms with E-state index in [0.717, 1.165) is 10.9 Å². The number of nitrogens with zero attached hydrogens (tertiary/aromatic N) is 1. The number of rotatable bonds is 4. The summed E-state index contributed by atoms with van der Waals surface area (Å²) in [5.74, 6) is 6.20. The van der Waals surface area contributed by atoms with Gasteiger partial charge in [-0.1, -0.05) is 18.2 Å². The number of hydrogen-bond donors (Lipinski definition) is 3. The molecule has 0 atom stereocenters. The molecule has 0 aliphatic rings. The third kappa shape index (κ3) is 2.35. The fourth-order valence-electron chi connectivity index (χ4n) is 1.71. The molecule has 1 aromatic carbocycles. The molecule has 3 rings (SSSR count). The van der Waals surface area contributed by atoms with E-state index in [-0.39, 0.29) is 0 Å². The van der Waals surface area contributed by atoms with Crippen molar-refractivity contribution in [3.8, 4) is 0 Å². The quantitative estimate of drug-likeness (QED) is 0.389. The number of aromatic amines is 1. The van der Waals surface area contributed by atoms with Crippen molar-refractivity contribution in [3.05, 3.63) is 41.4 Å². The standard InChI is InChI=1S/C12H12N4S2/c13-16-12-14-6-9(18-12)7-17-11-5-8-3-1-2-4-10(8)15-11/h1-6,15H,7,13H2,(H,14,16). The van der Waals surface area contributed by atoms with Crippen LogP contribution in [0.5, 0.6) is 0 Å². The molecule has 0 fully saturated rings. The van der Waals surface area contributed by atoms with Gasteiger partial charge >= 0.3 is 0 Å². The molecule has 2 aromatic heterocycles. The molecule has 3 aromatic rings. The van der Waals surface area contributed by atoms with E-state index in [0.29, 0.717) is 0 Å². The maximum atomic E-state index is 5.31. The first-order valence-electron chi connectivity index (χ1n) is 5.47. The number of nitrogens with one attached hydrogen (secondary N) is 2. The molecule has 0 unspecified atom stereocenters. The monoisotopic (exact) mass is 276 g/mol. The average molecular weight is 276 g/mol. The predicted molar refractivity (Wildman–Crippen MR) is 77.8 cm³/mol. The van der Waals surface area contributed by atoms with Gasteiger partial charge in [-0.2, -0.15) is 0 Å². The summed E-state index contributed by atoms with van der Waals surface area (Å²) >= 11 is 3.35. The molecule has 4 nitrogen and oxygen atoms in total. The normalized spacial score (nSPS) is 10.9. The second-order valence-corrected chi connectivity index (χ2v) is 5.92. The molecule has 0 aliphatic carbocycles.